The van der Waals surface area contributed by atoms with Gasteiger partial charge in [0.25, 0.3) is 5.56 Å². The lowest BCUT2D eigenvalue weighted by molar-refractivity contribution is -0.122. The van der Waals surface area contributed by atoms with Crippen LogP contribution in [0.2, 0.25) is 0 Å². The van der Waals surface area contributed by atoms with E-state index in [1.807, 2.05) is 59.5 Å². The molecule has 174 valence electrons. The Balaban J connectivity index is 1.42. The number of amides is 1. The average Bonchev–Trinajstić information content (AvgIpc) is 3.53. The van der Waals surface area contributed by atoms with Crippen molar-refractivity contribution in [3.8, 4) is 11.4 Å². The zero-order valence-corrected chi connectivity index (χ0v) is 19.6. The van der Waals surface area contributed by atoms with Crippen molar-refractivity contribution >= 4 is 32.7 Å². The summed E-state index contributed by atoms with van der Waals surface area (Å²) in [6.07, 6.45) is 1.62. The van der Waals surface area contributed by atoms with Crippen LogP contribution in [0.4, 0.5) is 5.13 Å². The van der Waals surface area contributed by atoms with Crippen LogP contribution in [-0.4, -0.2) is 38.1 Å². The molecule has 0 saturated carbocycles. The Hall–Kier alpha value is -3.56. The number of anilines is 1. The number of benzene rings is 2. The smallest absolute Gasteiger partial charge is 0.281 e. The predicted octanol–water partition coefficient (Wildman–Crippen LogP) is 2.83. The zero-order chi connectivity index (χ0) is 23.7. The highest BCUT2D eigenvalue weighted by atomic mass is 32.1. The molecule has 1 saturated heterocycles. The highest BCUT2D eigenvalue weighted by Gasteiger charge is 2.33. The summed E-state index contributed by atoms with van der Waals surface area (Å²) < 4.78 is 1.49. The standard InChI is InChI=1S/C25H25N5O3S/c1-29-21(18-11-9-17(15-31)10-12-18)28-23-20(24(29)33)27-25(34-23)30-13-5-8-19(30)22(32)26-14-16-6-3-2-4-7-16/h2-4,6-7,9-12,19,31H,5,8,13-15H2,1H3,(H,26,32)/t19-/m1/s1. The van der Waals surface area contributed by atoms with E-state index in [0.717, 1.165) is 29.5 Å². The first-order chi connectivity index (χ1) is 16.5. The number of aliphatic hydroxyl groups excluding tert-OH is 1. The Morgan fingerprint density at radius 2 is 1.88 bits per heavy atom. The molecule has 1 aliphatic heterocycles. The van der Waals surface area contributed by atoms with Gasteiger partial charge in [-0.15, -0.1) is 0 Å². The predicted molar refractivity (Wildman–Crippen MR) is 133 cm³/mol. The minimum Gasteiger partial charge on any atom is -0.392 e. The molecule has 9 heteroatoms. The first-order valence-electron chi connectivity index (χ1n) is 11.2. The van der Waals surface area contributed by atoms with Crippen LogP contribution in [-0.2, 0) is 25.0 Å². The van der Waals surface area contributed by atoms with Crippen molar-refractivity contribution in [1.82, 2.24) is 19.9 Å². The van der Waals surface area contributed by atoms with Crippen LogP contribution in [0.1, 0.15) is 24.0 Å². The van der Waals surface area contributed by atoms with E-state index in [9.17, 15) is 14.7 Å². The molecule has 0 bridgehead atoms. The normalized spacial score (nSPS) is 15.7. The number of nitrogens with zero attached hydrogens (tertiary/aromatic N) is 4. The molecular formula is C25H25N5O3S. The largest absolute Gasteiger partial charge is 0.392 e. The van der Waals surface area contributed by atoms with Crippen molar-refractivity contribution in [1.29, 1.82) is 0 Å². The van der Waals surface area contributed by atoms with Gasteiger partial charge in [-0.25, -0.2) is 9.97 Å². The Morgan fingerprint density at radius 1 is 1.12 bits per heavy atom. The van der Waals surface area contributed by atoms with E-state index in [2.05, 4.69) is 10.3 Å². The summed E-state index contributed by atoms with van der Waals surface area (Å²) in [7, 11) is 1.68. The number of aromatic nitrogens is 3. The topological polar surface area (TPSA) is 100 Å². The molecular weight excluding hydrogens is 450 g/mol. The van der Waals surface area contributed by atoms with Gasteiger partial charge in [0.05, 0.1) is 6.61 Å². The highest BCUT2D eigenvalue weighted by Crippen LogP contribution is 2.32. The molecule has 1 amide bonds. The first-order valence-corrected chi connectivity index (χ1v) is 12.0. The maximum absolute atomic E-state index is 13.1. The average molecular weight is 476 g/mol. The van der Waals surface area contributed by atoms with Crippen molar-refractivity contribution in [3.05, 3.63) is 76.1 Å². The fourth-order valence-corrected chi connectivity index (χ4v) is 5.26. The SMILES string of the molecule is Cn1c(-c2ccc(CO)cc2)nc2sc(N3CCC[C@@H]3C(=O)NCc3ccccc3)nc2c1=O. The van der Waals surface area contributed by atoms with Crippen LogP contribution in [0.25, 0.3) is 21.7 Å². The third-order valence-electron chi connectivity index (χ3n) is 6.14. The maximum atomic E-state index is 13.1. The Labute approximate surface area is 200 Å². The molecule has 1 fully saturated rings. The van der Waals surface area contributed by atoms with Crippen LogP contribution in [0.5, 0.6) is 0 Å². The summed E-state index contributed by atoms with van der Waals surface area (Å²) in [5.41, 5.74) is 2.72. The maximum Gasteiger partial charge on any atom is 0.281 e. The van der Waals surface area contributed by atoms with Crippen molar-refractivity contribution in [3.63, 3.8) is 0 Å². The summed E-state index contributed by atoms with van der Waals surface area (Å²) in [6.45, 7) is 1.14. The lowest BCUT2D eigenvalue weighted by atomic mass is 10.1. The first kappa shape index (κ1) is 22.2. The molecule has 0 spiro atoms. The number of rotatable bonds is 6. The van der Waals surface area contributed by atoms with Gasteiger partial charge in [-0.3, -0.25) is 14.2 Å². The number of carbonyl (C=O) groups excluding carboxylic acids is 1. The molecule has 1 atom stereocenters. The van der Waals surface area contributed by atoms with Crippen molar-refractivity contribution < 1.29 is 9.90 Å². The molecule has 34 heavy (non-hydrogen) atoms. The number of nitrogens with one attached hydrogen (secondary N) is 1. The fourth-order valence-electron chi connectivity index (χ4n) is 4.25. The number of hydrogen-bond acceptors (Lipinski definition) is 7. The summed E-state index contributed by atoms with van der Waals surface area (Å²) in [5.74, 6) is 0.502. The molecule has 8 nitrogen and oxygen atoms in total. The third kappa shape index (κ3) is 4.20. The van der Waals surface area contributed by atoms with Crippen LogP contribution < -0.4 is 15.8 Å². The van der Waals surface area contributed by atoms with E-state index in [4.69, 9.17) is 4.98 Å². The van der Waals surface area contributed by atoms with E-state index in [0.29, 0.717) is 34.4 Å². The Bertz CT molecular complexity index is 1380. The van der Waals surface area contributed by atoms with Gasteiger partial charge in [-0.2, -0.15) is 0 Å². The van der Waals surface area contributed by atoms with Crippen LogP contribution in [0.3, 0.4) is 0 Å². The van der Waals surface area contributed by atoms with Crippen LogP contribution in [0, 0.1) is 0 Å². The van der Waals surface area contributed by atoms with Gasteiger partial charge in [0, 0.05) is 25.7 Å². The number of hydrogen-bond donors (Lipinski definition) is 2. The lowest BCUT2D eigenvalue weighted by Gasteiger charge is -2.23. The quantitative estimate of drug-likeness (QED) is 0.445. The van der Waals surface area contributed by atoms with Gasteiger partial charge in [0.1, 0.15) is 11.9 Å². The number of carbonyl (C=O) groups is 1. The van der Waals surface area contributed by atoms with E-state index >= 15 is 0 Å². The van der Waals surface area contributed by atoms with Crippen LogP contribution in [0.15, 0.2) is 59.4 Å². The Morgan fingerprint density at radius 3 is 2.62 bits per heavy atom. The molecule has 0 radical (unpaired) electrons. The van der Waals surface area contributed by atoms with Gasteiger partial charge in [-0.05, 0) is 24.0 Å². The summed E-state index contributed by atoms with van der Waals surface area (Å²) in [4.78, 5) is 37.9. The number of thiazole rings is 1. The second-order valence-electron chi connectivity index (χ2n) is 8.36. The number of fused-ring (bicyclic) bond motifs is 1. The number of aliphatic hydroxyl groups is 1. The molecule has 2 aromatic carbocycles. The second kappa shape index (κ2) is 9.36. The summed E-state index contributed by atoms with van der Waals surface area (Å²) >= 11 is 1.34. The Kier molecular flexibility index (Phi) is 6.12. The highest BCUT2D eigenvalue weighted by molar-refractivity contribution is 7.21. The third-order valence-corrected chi connectivity index (χ3v) is 7.12. The van der Waals surface area contributed by atoms with Crippen molar-refractivity contribution in [2.24, 2.45) is 7.05 Å². The summed E-state index contributed by atoms with van der Waals surface area (Å²) in [5, 5.41) is 13.0. The van der Waals surface area contributed by atoms with E-state index in [-0.39, 0.29) is 24.1 Å². The minimum absolute atomic E-state index is 0.0360. The molecule has 2 N–H and O–H groups in total. The van der Waals surface area contributed by atoms with E-state index in [1.165, 1.54) is 15.9 Å². The summed E-state index contributed by atoms with van der Waals surface area (Å²) in [6, 6.07) is 16.8. The second-order valence-corrected chi connectivity index (χ2v) is 9.32. The fraction of sp³-hybridized carbons (Fsp3) is 0.280. The lowest BCUT2D eigenvalue weighted by Crippen LogP contribution is -2.43. The zero-order valence-electron chi connectivity index (χ0n) is 18.8. The molecule has 0 aliphatic carbocycles. The van der Waals surface area contributed by atoms with Crippen molar-refractivity contribution in [2.75, 3.05) is 11.4 Å². The van der Waals surface area contributed by atoms with Gasteiger partial charge in [0.15, 0.2) is 15.5 Å². The molecule has 1 aliphatic rings. The van der Waals surface area contributed by atoms with Gasteiger partial charge in [0.2, 0.25) is 5.91 Å². The van der Waals surface area contributed by atoms with E-state index < -0.39 is 0 Å². The van der Waals surface area contributed by atoms with E-state index in [1.54, 1.807) is 7.05 Å². The molecule has 2 aromatic heterocycles. The van der Waals surface area contributed by atoms with Gasteiger partial charge >= 0.3 is 0 Å². The molecule has 0 unspecified atom stereocenters. The molecule has 4 aromatic rings. The van der Waals surface area contributed by atoms with Gasteiger partial charge in [-0.1, -0.05) is 65.9 Å². The minimum atomic E-state index is -0.321. The molecule has 3 heterocycles. The van der Waals surface area contributed by atoms with Crippen molar-refractivity contribution in [2.45, 2.75) is 32.0 Å². The monoisotopic (exact) mass is 475 g/mol. The molecule has 5 rings (SSSR count). The van der Waals surface area contributed by atoms with Gasteiger partial charge < -0.3 is 15.3 Å². The van der Waals surface area contributed by atoms with Crippen LogP contribution >= 0.6 is 11.3 Å².